The van der Waals surface area contributed by atoms with Crippen molar-refractivity contribution < 1.29 is 28.6 Å². The molecule has 0 saturated carbocycles. The fourth-order valence-corrected chi connectivity index (χ4v) is 3.13. The molecule has 3 rings (SSSR count). The van der Waals surface area contributed by atoms with Gasteiger partial charge in [-0.1, -0.05) is 35.9 Å². The summed E-state index contributed by atoms with van der Waals surface area (Å²) in [5.74, 6) is 0.0797. The Bertz CT molecular complexity index is 1170. The van der Waals surface area contributed by atoms with Gasteiger partial charge in [-0.25, -0.2) is 0 Å². The monoisotopic (exact) mass is 496 g/mol. The van der Waals surface area contributed by atoms with E-state index in [1.54, 1.807) is 60.7 Å². The van der Waals surface area contributed by atoms with Crippen LogP contribution in [0, 0.1) is 0 Å². The van der Waals surface area contributed by atoms with Gasteiger partial charge in [-0.2, -0.15) is 0 Å². The zero-order valence-corrected chi connectivity index (χ0v) is 19.8. The number of rotatable bonds is 11. The number of benzene rings is 3. The van der Waals surface area contributed by atoms with Gasteiger partial charge >= 0.3 is 5.97 Å². The summed E-state index contributed by atoms with van der Waals surface area (Å²) in [4.78, 5) is 36.2. The van der Waals surface area contributed by atoms with E-state index in [1.807, 2.05) is 19.1 Å². The molecule has 0 heterocycles. The van der Waals surface area contributed by atoms with Crippen LogP contribution in [0.5, 0.6) is 17.2 Å². The SMILES string of the molecule is CCOc1ccccc1NC(=O)COC(=O)CCC(=O)Nc1ccc(Oc2ccccc2Cl)cc1. The molecule has 2 N–H and O–H groups in total. The summed E-state index contributed by atoms with van der Waals surface area (Å²) in [5, 5.41) is 5.82. The van der Waals surface area contributed by atoms with Crippen molar-refractivity contribution >= 4 is 40.8 Å². The smallest absolute Gasteiger partial charge is 0.306 e. The van der Waals surface area contributed by atoms with Crippen LogP contribution >= 0.6 is 11.6 Å². The first kappa shape index (κ1) is 25.6. The van der Waals surface area contributed by atoms with Crippen molar-refractivity contribution in [2.24, 2.45) is 0 Å². The number of hydrogen-bond acceptors (Lipinski definition) is 6. The Hall–Kier alpha value is -4.04. The van der Waals surface area contributed by atoms with E-state index in [1.165, 1.54) is 0 Å². The average Bonchev–Trinajstić information content (AvgIpc) is 2.85. The summed E-state index contributed by atoms with van der Waals surface area (Å²) in [6, 6.07) is 20.8. The maximum Gasteiger partial charge on any atom is 0.306 e. The second-order valence-electron chi connectivity index (χ2n) is 7.24. The van der Waals surface area contributed by atoms with Crippen LogP contribution in [-0.2, 0) is 19.1 Å². The van der Waals surface area contributed by atoms with E-state index in [0.29, 0.717) is 40.3 Å². The fourth-order valence-electron chi connectivity index (χ4n) is 2.96. The van der Waals surface area contributed by atoms with Crippen LogP contribution in [0.4, 0.5) is 11.4 Å². The van der Waals surface area contributed by atoms with Crippen LogP contribution in [-0.4, -0.2) is 31.0 Å². The van der Waals surface area contributed by atoms with Gasteiger partial charge in [0, 0.05) is 12.1 Å². The Morgan fingerprint density at radius 1 is 0.800 bits per heavy atom. The molecular formula is C26H25ClN2O6. The fraction of sp³-hybridized carbons (Fsp3) is 0.192. The lowest BCUT2D eigenvalue weighted by Gasteiger charge is -2.11. The molecule has 0 unspecified atom stereocenters. The molecule has 0 aliphatic carbocycles. The van der Waals surface area contributed by atoms with Gasteiger partial charge < -0.3 is 24.8 Å². The number of anilines is 2. The third-order valence-corrected chi connectivity index (χ3v) is 4.90. The van der Waals surface area contributed by atoms with E-state index in [-0.39, 0.29) is 18.7 Å². The van der Waals surface area contributed by atoms with Gasteiger partial charge in [-0.15, -0.1) is 0 Å². The minimum atomic E-state index is -0.656. The van der Waals surface area contributed by atoms with Crippen molar-refractivity contribution in [3.8, 4) is 17.2 Å². The summed E-state index contributed by atoms with van der Waals surface area (Å²) in [5.41, 5.74) is 1.03. The molecule has 3 aromatic carbocycles. The summed E-state index contributed by atoms with van der Waals surface area (Å²) >= 11 is 6.08. The Labute approximate surface area is 208 Å². The molecule has 0 aromatic heterocycles. The minimum Gasteiger partial charge on any atom is -0.492 e. The molecule has 9 heteroatoms. The predicted molar refractivity (Wildman–Crippen MR) is 133 cm³/mol. The first-order chi connectivity index (χ1) is 16.9. The van der Waals surface area contributed by atoms with Gasteiger partial charge in [0.15, 0.2) is 6.61 Å². The number of carbonyl (C=O) groups is 3. The second-order valence-corrected chi connectivity index (χ2v) is 7.65. The average molecular weight is 497 g/mol. The van der Waals surface area contributed by atoms with Crippen LogP contribution in [0.15, 0.2) is 72.8 Å². The summed E-state index contributed by atoms with van der Waals surface area (Å²) in [6.07, 6.45) is -0.256. The van der Waals surface area contributed by atoms with Crippen molar-refractivity contribution in [2.75, 3.05) is 23.8 Å². The van der Waals surface area contributed by atoms with E-state index >= 15 is 0 Å². The second kappa shape index (κ2) is 13.0. The molecule has 182 valence electrons. The molecule has 0 fully saturated rings. The number of halogens is 1. The summed E-state index contributed by atoms with van der Waals surface area (Å²) in [6.45, 7) is 1.82. The molecule has 0 aliphatic rings. The molecule has 0 spiro atoms. The number of carbonyl (C=O) groups excluding carboxylic acids is 3. The molecule has 3 aromatic rings. The number of esters is 1. The highest BCUT2D eigenvalue weighted by atomic mass is 35.5. The topological polar surface area (TPSA) is 103 Å². The number of nitrogens with one attached hydrogen (secondary N) is 2. The van der Waals surface area contributed by atoms with Crippen molar-refractivity contribution in [3.63, 3.8) is 0 Å². The number of ether oxygens (including phenoxy) is 3. The quantitative estimate of drug-likeness (QED) is 0.343. The third kappa shape index (κ3) is 8.35. The highest BCUT2D eigenvalue weighted by Gasteiger charge is 2.13. The van der Waals surface area contributed by atoms with Crippen LogP contribution in [0.25, 0.3) is 0 Å². The highest BCUT2D eigenvalue weighted by Crippen LogP contribution is 2.29. The zero-order chi connectivity index (χ0) is 25.0. The first-order valence-corrected chi connectivity index (χ1v) is 11.3. The molecule has 0 radical (unpaired) electrons. The lowest BCUT2D eigenvalue weighted by atomic mass is 10.2. The van der Waals surface area contributed by atoms with Crippen molar-refractivity contribution in [1.82, 2.24) is 0 Å². The largest absolute Gasteiger partial charge is 0.492 e. The molecule has 0 saturated heterocycles. The van der Waals surface area contributed by atoms with E-state index < -0.39 is 18.5 Å². The Balaban J connectivity index is 1.38. The van der Waals surface area contributed by atoms with Gasteiger partial charge in [-0.3, -0.25) is 14.4 Å². The van der Waals surface area contributed by atoms with E-state index in [2.05, 4.69) is 10.6 Å². The standard InChI is InChI=1S/C26H25ClN2O6/c1-2-33-23-10-6-4-8-21(23)29-25(31)17-34-26(32)16-15-24(30)28-18-11-13-19(14-12-18)35-22-9-5-3-7-20(22)27/h3-14H,2,15-17H2,1H3,(H,28,30)(H,29,31). The Morgan fingerprint density at radius 3 is 2.20 bits per heavy atom. The first-order valence-electron chi connectivity index (χ1n) is 10.9. The van der Waals surface area contributed by atoms with Gasteiger partial charge in [0.25, 0.3) is 5.91 Å². The lowest BCUT2D eigenvalue weighted by Crippen LogP contribution is -2.22. The maximum atomic E-state index is 12.2. The van der Waals surface area contributed by atoms with Gasteiger partial charge in [-0.05, 0) is 55.5 Å². The molecule has 0 aliphatic heterocycles. The van der Waals surface area contributed by atoms with E-state index in [0.717, 1.165) is 0 Å². The summed E-state index contributed by atoms with van der Waals surface area (Å²) < 4.78 is 16.1. The van der Waals surface area contributed by atoms with Crippen LogP contribution in [0.1, 0.15) is 19.8 Å². The molecule has 0 atom stereocenters. The Kier molecular flexibility index (Phi) is 9.50. The summed E-state index contributed by atoms with van der Waals surface area (Å²) in [7, 11) is 0. The number of amides is 2. The van der Waals surface area contributed by atoms with Gasteiger partial charge in [0.05, 0.1) is 23.7 Å². The van der Waals surface area contributed by atoms with Crippen molar-refractivity contribution in [3.05, 3.63) is 77.8 Å². The molecule has 2 amide bonds. The van der Waals surface area contributed by atoms with Crippen LogP contribution in [0.2, 0.25) is 5.02 Å². The molecule has 8 nitrogen and oxygen atoms in total. The maximum absolute atomic E-state index is 12.2. The Morgan fingerprint density at radius 2 is 1.49 bits per heavy atom. The minimum absolute atomic E-state index is 0.0918. The van der Waals surface area contributed by atoms with Gasteiger partial charge in [0.2, 0.25) is 5.91 Å². The van der Waals surface area contributed by atoms with E-state index in [9.17, 15) is 14.4 Å². The number of hydrogen-bond donors (Lipinski definition) is 2. The number of para-hydroxylation sites is 3. The zero-order valence-electron chi connectivity index (χ0n) is 19.1. The molecular weight excluding hydrogens is 472 g/mol. The van der Waals surface area contributed by atoms with Gasteiger partial charge in [0.1, 0.15) is 17.2 Å². The third-order valence-electron chi connectivity index (χ3n) is 4.58. The van der Waals surface area contributed by atoms with Crippen molar-refractivity contribution in [2.45, 2.75) is 19.8 Å². The van der Waals surface area contributed by atoms with Crippen LogP contribution < -0.4 is 20.1 Å². The van der Waals surface area contributed by atoms with Crippen LogP contribution in [0.3, 0.4) is 0 Å². The van der Waals surface area contributed by atoms with E-state index in [4.69, 9.17) is 25.8 Å². The highest BCUT2D eigenvalue weighted by molar-refractivity contribution is 6.32. The lowest BCUT2D eigenvalue weighted by molar-refractivity contribution is -0.147. The van der Waals surface area contributed by atoms with Crippen molar-refractivity contribution in [1.29, 1.82) is 0 Å². The normalized spacial score (nSPS) is 10.2. The predicted octanol–water partition coefficient (Wildman–Crippen LogP) is 5.43. The molecule has 35 heavy (non-hydrogen) atoms. The molecule has 0 bridgehead atoms.